The highest BCUT2D eigenvalue weighted by molar-refractivity contribution is 8.00. The fraction of sp³-hybridized carbons (Fsp3) is 0.462. The molecule has 4 amide bonds. The molecule has 0 saturated carbocycles. The summed E-state index contributed by atoms with van der Waals surface area (Å²) in [4.78, 5) is 86.2. The van der Waals surface area contributed by atoms with E-state index in [1.54, 1.807) is 20.8 Å². The summed E-state index contributed by atoms with van der Waals surface area (Å²) in [5.41, 5.74) is -1.51. The summed E-state index contributed by atoms with van der Waals surface area (Å²) in [6.07, 6.45) is -0.800. The van der Waals surface area contributed by atoms with Gasteiger partial charge in [-0.15, -0.1) is 33.3 Å². The largest absolute Gasteiger partial charge is 0.478 e. The van der Waals surface area contributed by atoms with Gasteiger partial charge in [0.25, 0.3) is 17.7 Å². The molecule has 18 nitrogen and oxygen atoms in total. The lowest BCUT2D eigenvalue weighted by Gasteiger charge is -2.49. The molecule has 1 fully saturated rings. The Hall–Kier alpha value is -4.63. The molecule has 2 aromatic heterocycles. The highest BCUT2D eigenvalue weighted by atomic mass is 32.2. The third-order valence-electron chi connectivity index (χ3n) is 6.03. The molecule has 2 atom stereocenters. The van der Waals surface area contributed by atoms with Gasteiger partial charge in [0, 0.05) is 23.6 Å². The fourth-order valence-electron chi connectivity index (χ4n) is 3.83. The summed E-state index contributed by atoms with van der Waals surface area (Å²) in [7, 11) is 0. The number of carboxylic acids is 1. The number of anilines is 2. The van der Waals surface area contributed by atoms with Gasteiger partial charge < -0.3 is 24.7 Å². The van der Waals surface area contributed by atoms with Crippen molar-refractivity contribution in [1.29, 1.82) is 0 Å². The number of amides is 4. The normalized spacial score (nSPS) is 18.0. The van der Waals surface area contributed by atoms with E-state index in [1.165, 1.54) is 48.3 Å². The zero-order chi connectivity index (χ0) is 34.7. The Labute approximate surface area is 279 Å². The molecule has 0 unspecified atom stereocenters. The molecule has 4 rings (SSSR count). The number of β-lactam (4-membered cyclic amide) rings is 1. The number of nitrogens with zero attached hydrogens (tertiary/aromatic N) is 5. The Morgan fingerprint density at radius 2 is 1.83 bits per heavy atom. The Kier molecular flexibility index (Phi) is 10.5. The molecule has 21 heteroatoms. The number of carbonyl (C=O) groups is 6. The van der Waals surface area contributed by atoms with Crippen LogP contribution in [0.4, 0.5) is 15.1 Å². The minimum atomic E-state index is -1.85. The van der Waals surface area contributed by atoms with E-state index >= 15 is 0 Å². The molecular formula is C26H30N8O10S3. The first-order valence-electron chi connectivity index (χ1n) is 13.6. The van der Waals surface area contributed by atoms with Crippen LogP contribution in [0.15, 0.2) is 27.3 Å². The van der Waals surface area contributed by atoms with Gasteiger partial charge in [0.15, 0.2) is 10.8 Å². The smallest absolute Gasteiger partial charge is 0.413 e. The van der Waals surface area contributed by atoms with Crippen molar-refractivity contribution in [3.05, 3.63) is 27.9 Å². The van der Waals surface area contributed by atoms with E-state index < -0.39 is 64.1 Å². The van der Waals surface area contributed by atoms with Crippen molar-refractivity contribution in [2.45, 2.75) is 64.2 Å². The van der Waals surface area contributed by atoms with Crippen LogP contribution in [0, 0.1) is 0 Å². The third kappa shape index (κ3) is 8.60. The average molecular weight is 711 g/mol. The quantitative estimate of drug-likeness (QED) is 0.113. The summed E-state index contributed by atoms with van der Waals surface area (Å²) >= 11 is 3.20. The van der Waals surface area contributed by atoms with Gasteiger partial charge in [0.2, 0.25) is 10.7 Å². The number of oxime groups is 1. The van der Waals surface area contributed by atoms with Crippen molar-refractivity contribution in [3.63, 3.8) is 0 Å². The summed E-state index contributed by atoms with van der Waals surface area (Å²) in [5.74, 6) is -4.07. The molecule has 0 bridgehead atoms. The second-order valence-electron chi connectivity index (χ2n) is 11.3. The minimum Gasteiger partial charge on any atom is -0.478 e. The lowest BCUT2D eigenvalue weighted by atomic mass is 10.0. The van der Waals surface area contributed by atoms with Crippen LogP contribution in [-0.2, 0) is 38.3 Å². The number of ether oxygens (including phenoxy) is 2. The van der Waals surface area contributed by atoms with Crippen molar-refractivity contribution in [2.75, 3.05) is 23.0 Å². The van der Waals surface area contributed by atoms with Gasteiger partial charge >= 0.3 is 18.0 Å². The predicted molar refractivity (Wildman–Crippen MR) is 169 cm³/mol. The highest BCUT2D eigenvalue weighted by Gasteiger charge is 2.54. The Balaban J connectivity index is 1.57. The zero-order valence-electron chi connectivity index (χ0n) is 25.8. The lowest BCUT2D eigenvalue weighted by Crippen LogP contribution is -2.71. The van der Waals surface area contributed by atoms with Crippen molar-refractivity contribution in [2.24, 2.45) is 5.16 Å². The number of hydrogen-bond donors (Lipinski definition) is 4. The summed E-state index contributed by atoms with van der Waals surface area (Å²) < 4.78 is 10.3. The van der Waals surface area contributed by atoms with Gasteiger partial charge in [-0.2, -0.15) is 0 Å². The number of aromatic nitrogens is 3. The minimum absolute atomic E-state index is 0.0394. The monoisotopic (exact) mass is 710 g/mol. The first-order valence-corrected chi connectivity index (χ1v) is 16.4. The van der Waals surface area contributed by atoms with E-state index in [1.807, 2.05) is 0 Å². The number of carboxylic acid groups (broad SMARTS) is 1. The molecule has 2 aliphatic rings. The van der Waals surface area contributed by atoms with Gasteiger partial charge in [-0.3, -0.25) is 34.7 Å². The van der Waals surface area contributed by atoms with E-state index in [-0.39, 0.29) is 34.0 Å². The van der Waals surface area contributed by atoms with Gasteiger partial charge in [-0.05, 0) is 34.6 Å². The molecule has 4 N–H and O–H groups in total. The fourth-order valence-corrected chi connectivity index (χ4v) is 6.27. The maximum absolute atomic E-state index is 13.6. The van der Waals surface area contributed by atoms with E-state index in [4.69, 9.17) is 14.3 Å². The topological polar surface area (TPSA) is 241 Å². The molecule has 1 saturated heterocycles. The number of thiazole rings is 1. The van der Waals surface area contributed by atoms with Crippen LogP contribution in [0.3, 0.4) is 0 Å². The van der Waals surface area contributed by atoms with E-state index in [0.717, 1.165) is 22.7 Å². The molecule has 0 spiro atoms. The number of esters is 1. The molecule has 0 aromatic carbocycles. The SMILES string of the molecule is CC(=O)OCC1=C(C(=O)Nc2nncs2)N2C(=O)[C@@H](NC(=O)/C(=N\OC(C)(C)C(=O)O)c3csc(NC(=O)OC(C)(C)C)n3)[C@H]2SC1. The van der Waals surface area contributed by atoms with Gasteiger partial charge in [0.1, 0.15) is 40.5 Å². The van der Waals surface area contributed by atoms with Crippen molar-refractivity contribution in [1.82, 2.24) is 25.4 Å². The van der Waals surface area contributed by atoms with E-state index in [9.17, 15) is 33.9 Å². The Bertz CT molecular complexity index is 1650. The number of fused-ring (bicyclic) bond motifs is 1. The second-order valence-corrected chi connectivity index (χ2v) is 14.1. The van der Waals surface area contributed by atoms with Crippen LogP contribution >= 0.6 is 34.4 Å². The number of thioether (sulfide) groups is 1. The predicted octanol–water partition coefficient (Wildman–Crippen LogP) is 1.78. The van der Waals surface area contributed by atoms with E-state index in [0.29, 0.717) is 5.57 Å². The first-order chi connectivity index (χ1) is 22.0. The first kappa shape index (κ1) is 35.2. The molecule has 4 heterocycles. The van der Waals surface area contributed by atoms with Crippen molar-refractivity contribution >= 4 is 86.2 Å². The van der Waals surface area contributed by atoms with Crippen LogP contribution in [0.5, 0.6) is 0 Å². The number of aliphatic carboxylic acids is 1. The Morgan fingerprint density at radius 1 is 1.11 bits per heavy atom. The molecule has 252 valence electrons. The molecular weight excluding hydrogens is 681 g/mol. The molecule has 2 aliphatic heterocycles. The molecule has 0 aliphatic carbocycles. The third-order valence-corrected chi connectivity index (χ3v) is 8.73. The standard InChI is InChI=1S/C26H30N8O10S3/c1-11(35)42-7-12-8-45-20-15(19(38)34(20)16(12)18(37)30-23-32-27-10-47-23)29-17(36)14(33-44-26(5,6)21(39)40)13-9-46-22(28-13)31-24(41)43-25(2,3)4/h9-10,15,20H,7-8H2,1-6H3,(H,29,36)(H,39,40)(H,28,31,41)(H,30,32,37)/b33-14-/t15-,20-/m1/s1. The number of carbonyl (C=O) groups excluding carboxylic acids is 5. The molecule has 0 radical (unpaired) electrons. The summed E-state index contributed by atoms with van der Waals surface area (Å²) in [6.45, 7) is 8.42. The maximum atomic E-state index is 13.6. The van der Waals surface area contributed by atoms with Gasteiger partial charge in [0.05, 0.1) is 0 Å². The highest BCUT2D eigenvalue weighted by Crippen LogP contribution is 2.41. The van der Waals surface area contributed by atoms with Gasteiger partial charge in [-0.25, -0.2) is 14.6 Å². The van der Waals surface area contributed by atoms with Crippen LogP contribution in [0.1, 0.15) is 47.2 Å². The number of rotatable bonds is 11. The van der Waals surface area contributed by atoms with Gasteiger partial charge in [-0.1, -0.05) is 16.5 Å². The second kappa shape index (κ2) is 14.0. The van der Waals surface area contributed by atoms with Crippen LogP contribution in [0.25, 0.3) is 0 Å². The van der Waals surface area contributed by atoms with Crippen LogP contribution < -0.4 is 16.0 Å². The maximum Gasteiger partial charge on any atom is 0.413 e. The summed E-state index contributed by atoms with van der Waals surface area (Å²) in [5, 5.41) is 29.1. The van der Waals surface area contributed by atoms with Crippen LogP contribution in [0.2, 0.25) is 0 Å². The number of nitrogens with one attached hydrogen (secondary N) is 3. The van der Waals surface area contributed by atoms with Crippen LogP contribution in [-0.4, -0.2) is 102 Å². The Morgan fingerprint density at radius 3 is 2.45 bits per heavy atom. The molecule has 2 aromatic rings. The van der Waals surface area contributed by atoms with Crippen molar-refractivity contribution in [3.8, 4) is 0 Å². The number of hydrogen-bond acceptors (Lipinski definition) is 16. The average Bonchev–Trinajstić information content (AvgIpc) is 3.65. The van der Waals surface area contributed by atoms with E-state index in [2.05, 4.69) is 36.3 Å². The molecule has 47 heavy (non-hydrogen) atoms. The van der Waals surface area contributed by atoms with Crippen molar-refractivity contribution < 1.29 is 48.2 Å². The zero-order valence-corrected chi connectivity index (χ0v) is 28.3. The summed E-state index contributed by atoms with van der Waals surface area (Å²) in [6, 6.07) is -1.15. The lowest BCUT2D eigenvalue weighted by molar-refractivity contribution is -0.161.